The highest BCUT2D eigenvalue weighted by Crippen LogP contribution is 2.45. The number of carbonyl (C=O) groups is 1. The van der Waals surface area contributed by atoms with Crippen LogP contribution in [0.3, 0.4) is 0 Å². The van der Waals surface area contributed by atoms with Gasteiger partial charge in [-0.15, -0.1) is 0 Å². The van der Waals surface area contributed by atoms with Crippen molar-refractivity contribution in [3.05, 3.63) is 59.7 Å². The third-order valence-corrected chi connectivity index (χ3v) is 6.20. The molecule has 1 atom stereocenters. The van der Waals surface area contributed by atoms with E-state index in [0.717, 1.165) is 24.2 Å². The maximum Gasteiger partial charge on any atom is 0.240 e. The minimum Gasteiger partial charge on any atom is -0.508 e. The summed E-state index contributed by atoms with van der Waals surface area (Å²) in [6, 6.07) is 6.49. The van der Waals surface area contributed by atoms with Gasteiger partial charge in [-0.3, -0.25) is 4.79 Å². The van der Waals surface area contributed by atoms with Gasteiger partial charge in [-0.25, -0.2) is 19.9 Å². The molecular weight excluding hydrogens is 418 g/mol. The first-order valence-corrected chi connectivity index (χ1v) is 10.9. The van der Waals surface area contributed by atoms with Gasteiger partial charge < -0.3 is 20.6 Å². The number of carbonyl (C=O) groups excluding carboxylic acids is 1. The van der Waals surface area contributed by atoms with Crippen molar-refractivity contribution in [1.29, 1.82) is 0 Å². The third kappa shape index (κ3) is 3.36. The number of anilines is 2. The van der Waals surface area contributed by atoms with Gasteiger partial charge in [-0.2, -0.15) is 0 Å². The summed E-state index contributed by atoms with van der Waals surface area (Å²) in [5, 5.41) is 12.5. The number of nitrogens with zero attached hydrogens (tertiary/aromatic N) is 5. The zero-order valence-electron chi connectivity index (χ0n) is 18.7. The lowest BCUT2D eigenvalue weighted by atomic mass is 9.78. The molecule has 5 rings (SSSR count). The molecule has 1 unspecified atom stereocenters. The number of fused-ring (bicyclic) bond motifs is 2. The molecule has 0 radical (unpaired) electrons. The van der Waals surface area contributed by atoms with Crippen LogP contribution in [0.25, 0.3) is 17.2 Å². The fraction of sp³-hybridized carbons (Fsp3) is 0.292. The average Bonchev–Trinajstić information content (AvgIpc) is 3.35. The van der Waals surface area contributed by atoms with Gasteiger partial charge in [0.15, 0.2) is 11.5 Å². The van der Waals surface area contributed by atoms with E-state index in [9.17, 15) is 9.90 Å². The predicted molar refractivity (Wildman–Crippen MR) is 125 cm³/mol. The van der Waals surface area contributed by atoms with Crippen molar-refractivity contribution in [3.63, 3.8) is 0 Å². The summed E-state index contributed by atoms with van der Waals surface area (Å²) in [5.74, 6) is 1.31. The lowest BCUT2D eigenvalue weighted by molar-refractivity contribution is -0.119. The molecule has 4 N–H and O–H groups in total. The molecule has 3 aromatic heterocycles. The Bertz CT molecular complexity index is 1380. The van der Waals surface area contributed by atoms with Crippen LogP contribution >= 0.6 is 0 Å². The molecule has 4 aromatic rings. The molecule has 1 aliphatic rings. The first-order chi connectivity index (χ1) is 15.8. The SMILES string of the molecule is CC(C)CCc1nc(-c2nc(N)c3c(n2)NC(=O)C3(C)c2ccc(O)cc2)cn2ccnc12. The second-order valence-corrected chi connectivity index (χ2v) is 8.95. The Labute approximate surface area is 190 Å². The van der Waals surface area contributed by atoms with E-state index in [1.807, 2.05) is 16.8 Å². The Morgan fingerprint density at radius 3 is 2.67 bits per heavy atom. The van der Waals surface area contributed by atoms with Crippen LogP contribution in [-0.2, 0) is 16.6 Å². The molecule has 0 bridgehead atoms. The van der Waals surface area contributed by atoms with E-state index in [0.29, 0.717) is 34.4 Å². The molecule has 1 aliphatic heterocycles. The van der Waals surface area contributed by atoms with Crippen molar-refractivity contribution in [3.8, 4) is 17.3 Å². The first kappa shape index (κ1) is 20.9. The van der Waals surface area contributed by atoms with Gasteiger partial charge in [0.2, 0.25) is 5.91 Å². The number of hydrogen-bond acceptors (Lipinski definition) is 7. The number of aromatic nitrogens is 5. The van der Waals surface area contributed by atoms with Crippen molar-refractivity contribution in [2.45, 2.75) is 39.0 Å². The maximum atomic E-state index is 13.1. The Morgan fingerprint density at radius 2 is 1.94 bits per heavy atom. The molecule has 0 aliphatic carbocycles. The number of amides is 1. The van der Waals surface area contributed by atoms with Crippen molar-refractivity contribution < 1.29 is 9.90 Å². The van der Waals surface area contributed by atoms with Crippen LogP contribution in [-0.4, -0.2) is 35.4 Å². The van der Waals surface area contributed by atoms with E-state index in [1.54, 1.807) is 37.4 Å². The molecule has 168 valence electrons. The van der Waals surface area contributed by atoms with Crippen molar-refractivity contribution in [1.82, 2.24) is 24.3 Å². The quantitative estimate of drug-likeness (QED) is 0.431. The van der Waals surface area contributed by atoms with Crippen molar-refractivity contribution >= 4 is 23.2 Å². The zero-order chi connectivity index (χ0) is 23.3. The molecule has 0 spiro atoms. The summed E-state index contributed by atoms with van der Waals surface area (Å²) in [7, 11) is 0. The van der Waals surface area contributed by atoms with E-state index < -0.39 is 5.41 Å². The van der Waals surface area contributed by atoms with Crippen molar-refractivity contribution in [2.24, 2.45) is 5.92 Å². The lowest BCUT2D eigenvalue weighted by Crippen LogP contribution is -2.32. The van der Waals surface area contributed by atoms with Crippen LogP contribution in [0.5, 0.6) is 5.75 Å². The first-order valence-electron chi connectivity index (χ1n) is 10.9. The van der Waals surface area contributed by atoms with Gasteiger partial charge in [0, 0.05) is 18.6 Å². The molecule has 4 heterocycles. The normalized spacial score (nSPS) is 17.5. The Balaban J connectivity index is 1.61. The van der Waals surface area contributed by atoms with E-state index >= 15 is 0 Å². The maximum absolute atomic E-state index is 13.1. The molecule has 0 fully saturated rings. The lowest BCUT2D eigenvalue weighted by Gasteiger charge is -2.23. The van der Waals surface area contributed by atoms with Gasteiger partial charge in [0.25, 0.3) is 0 Å². The van der Waals surface area contributed by atoms with Gasteiger partial charge in [-0.1, -0.05) is 26.0 Å². The summed E-state index contributed by atoms with van der Waals surface area (Å²) >= 11 is 0. The Kier molecular flexibility index (Phi) is 4.77. The minimum atomic E-state index is -1.07. The fourth-order valence-corrected chi connectivity index (χ4v) is 4.29. The molecule has 9 nitrogen and oxygen atoms in total. The minimum absolute atomic E-state index is 0.120. The highest BCUT2D eigenvalue weighted by atomic mass is 16.3. The average molecular weight is 444 g/mol. The summed E-state index contributed by atoms with van der Waals surface area (Å²) in [6.07, 6.45) is 7.17. The number of benzene rings is 1. The number of hydrogen-bond donors (Lipinski definition) is 3. The van der Waals surface area contributed by atoms with Crippen LogP contribution in [0.15, 0.2) is 42.9 Å². The van der Waals surface area contributed by atoms with Gasteiger partial charge in [0.05, 0.1) is 11.3 Å². The van der Waals surface area contributed by atoms with E-state index in [-0.39, 0.29) is 17.5 Å². The molecule has 1 aromatic carbocycles. The highest BCUT2D eigenvalue weighted by molar-refractivity contribution is 6.09. The van der Waals surface area contributed by atoms with Crippen LogP contribution in [0.2, 0.25) is 0 Å². The van der Waals surface area contributed by atoms with Gasteiger partial charge >= 0.3 is 0 Å². The summed E-state index contributed by atoms with van der Waals surface area (Å²) in [6.45, 7) is 6.12. The number of imidazole rings is 1. The molecule has 0 saturated heterocycles. The highest BCUT2D eigenvalue weighted by Gasteiger charge is 2.47. The van der Waals surface area contributed by atoms with Crippen LogP contribution in [0.4, 0.5) is 11.6 Å². The standard InChI is InChI=1S/C24H25N7O2/c1-13(2)4-9-16-22-26-10-11-31(22)12-17(27-16)20-28-19(25)18-21(29-20)30-23(33)24(18,3)14-5-7-15(32)8-6-14/h5-8,10-13,32H,4,9H2,1-3H3,(H3,25,28,29,30,33). The number of phenols is 1. The number of phenolic OH excluding ortho intramolecular Hbond substituents is 1. The number of aryl methyl sites for hydroxylation is 1. The molecule has 1 amide bonds. The largest absolute Gasteiger partial charge is 0.508 e. The summed E-state index contributed by atoms with van der Waals surface area (Å²) in [5.41, 5.74) is 8.77. The van der Waals surface area contributed by atoms with Crippen LogP contribution in [0.1, 0.15) is 44.0 Å². The molecule has 0 saturated carbocycles. The van der Waals surface area contributed by atoms with E-state index in [4.69, 9.17) is 10.7 Å². The number of nitrogen functional groups attached to an aromatic ring is 1. The summed E-state index contributed by atoms with van der Waals surface area (Å²) < 4.78 is 1.91. The molecule has 33 heavy (non-hydrogen) atoms. The number of rotatable bonds is 5. The molecule has 9 heteroatoms. The number of aromatic hydroxyl groups is 1. The fourth-order valence-electron chi connectivity index (χ4n) is 4.29. The second-order valence-electron chi connectivity index (χ2n) is 8.95. The Morgan fingerprint density at radius 1 is 1.18 bits per heavy atom. The zero-order valence-corrected chi connectivity index (χ0v) is 18.7. The predicted octanol–water partition coefficient (Wildman–Crippen LogP) is 3.32. The smallest absolute Gasteiger partial charge is 0.240 e. The van der Waals surface area contributed by atoms with E-state index in [1.165, 1.54) is 0 Å². The number of nitrogens with two attached hydrogens (primary N) is 1. The monoisotopic (exact) mass is 443 g/mol. The topological polar surface area (TPSA) is 131 Å². The van der Waals surface area contributed by atoms with E-state index in [2.05, 4.69) is 34.1 Å². The third-order valence-electron chi connectivity index (χ3n) is 6.20. The Hall–Kier alpha value is -4.01. The van der Waals surface area contributed by atoms with Gasteiger partial charge in [-0.05, 0) is 43.4 Å². The van der Waals surface area contributed by atoms with Gasteiger partial charge in [0.1, 0.15) is 28.5 Å². The van der Waals surface area contributed by atoms with Crippen molar-refractivity contribution in [2.75, 3.05) is 11.1 Å². The van der Waals surface area contributed by atoms with Crippen LogP contribution < -0.4 is 11.1 Å². The second kappa shape index (κ2) is 7.54. The molecular formula is C24H25N7O2. The summed E-state index contributed by atoms with van der Waals surface area (Å²) in [4.78, 5) is 31.5. The van der Waals surface area contributed by atoms with Crippen LogP contribution in [0, 0.1) is 5.92 Å². The number of nitrogens with one attached hydrogen (secondary N) is 1.